The summed E-state index contributed by atoms with van der Waals surface area (Å²) in [4.78, 5) is 116. The predicted molar refractivity (Wildman–Crippen MR) is 333 cm³/mol. The van der Waals surface area contributed by atoms with Gasteiger partial charge in [-0.25, -0.2) is 10.1 Å². The van der Waals surface area contributed by atoms with Gasteiger partial charge in [-0.1, -0.05) is 58.7 Å². The highest BCUT2D eigenvalue weighted by atomic mass is 32.2. The minimum absolute atomic E-state index is 0.0129. The van der Waals surface area contributed by atoms with Gasteiger partial charge in [0.15, 0.2) is 17.3 Å². The van der Waals surface area contributed by atoms with Crippen LogP contribution in [0.2, 0.25) is 0 Å². The quantitative estimate of drug-likeness (QED) is 0.0128. The molecule has 4 aromatic rings. The Kier molecular flexibility index (Phi) is 27.9. The van der Waals surface area contributed by atoms with Crippen molar-refractivity contribution < 1.29 is 112 Å². The van der Waals surface area contributed by atoms with Gasteiger partial charge in [-0.05, 0) is 86.7 Å². The molecule has 3 aromatic carbocycles. The summed E-state index contributed by atoms with van der Waals surface area (Å²) in [6.45, 7) is 5.05. The second-order valence-electron chi connectivity index (χ2n) is 23.1. The Bertz CT molecular complexity index is 3250. The number of unbranched alkanes of at least 4 members (excludes halogenated alkanes) is 3. The molecule has 0 radical (unpaired) electrons. The molecule has 32 nitrogen and oxygen atoms in total. The van der Waals surface area contributed by atoms with E-state index in [9.17, 15) is 74.1 Å². The van der Waals surface area contributed by atoms with Crippen molar-refractivity contribution in [3.05, 3.63) is 96.6 Å². The number of phenolic OH excluding ortho intramolecular Hbond substituents is 1. The average Bonchev–Trinajstić information content (AvgIpc) is 1.74. The number of fused-ring (bicyclic) bond motifs is 2. The number of amides is 8. The highest BCUT2D eigenvalue weighted by Gasteiger charge is 2.50. The number of aromatic nitrogens is 1. The summed E-state index contributed by atoms with van der Waals surface area (Å²) in [5.74, 6) is -8.67. The van der Waals surface area contributed by atoms with Gasteiger partial charge < -0.3 is 100 Å². The molecule has 0 bridgehead atoms. The van der Waals surface area contributed by atoms with Crippen LogP contribution in [-0.2, 0) is 54.0 Å². The third-order valence-corrected chi connectivity index (χ3v) is 16.4. The Morgan fingerprint density at radius 1 is 0.800 bits per heavy atom. The number of hydrogen-bond donors (Lipinski definition) is 14. The lowest BCUT2D eigenvalue weighted by atomic mass is 9.98. The van der Waals surface area contributed by atoms with Crippen molar-refractivity contribution in [3.63, 3.8) is 0 Å². The van der Waals surface area contributed by atoms with E-state index in [4.69, 9.17) is 28.2 Å². The number of β-amino-alcohol motifs (C(OH)–C–C–N with tert-alkyl or cyclic N) is 1. The second kappa shape index (κ2) is 35.9. The predicted octanol–water partition coefficient (Wildman–Crippen LogP) is -0.0862. The standard InChI is InChI=1S/C62H81N9O23S/c1-5-22-90-62(86)63-21-20-46(76)52-61(85)71-31-33(2)54(78)53(71)59(83)64-30-39(73)27-43(65-55(79)38-13-11-36(12-14-38)42-29-48(91-69-42)37-15-17-41(18-16-37)89-24-9-7-6-8-23-88-4)56(80)66-50(34(3)72)60(84)70-32-40(74)28-44(70)57(81)67-51(58(82)68-52)47(77)25-35-10-19-45(75)49(26-35)92-95-94-93-87/h5,10-19,26,29,33-34,39-40,43-44,46-47,50-54,72-78,87H,1,6-9,20-25,27-28,30-32H2,2-4H3,(H,63,86)(H,64,83)(H,65,79)(H,66,80)(H,67,81)(H,68,82)/t33-,34+,39+,40+,43+,44+,46-,47-,50+,51+,52+,53+,54+/m1/s1. The molecule has 4 heterocycles. The minimum Gasteiger partial charge on any atom is -0.504 e. The van der Waals surface area contributed by atoms with Crippen molar-refractivity contribution in [3.8, 4) is 39.8 Å². The van der Waals surface area contributed by atoms with E-state index in [-0.39, 0.29) is 42.4 Å². The maximum Gasteiger partial charge on any atom is 0.407 e. The summed E-state index contributed by atoms with van der Waals surface area (Å²) >= 11 is 0.0600. The minimum atomic E-state index is -2.18. The maximum absolute atomic E-state index is 15.0. The molecule has 1 aromatic heterocycles. The van der Waals surface area contributed by atoms with Crippen molar-refractivity contribution in [2.75, 3.05) is 53.1 Å². The van der Waals surface area contributed by atoms with E-state index < -0.39 is 177 Å². The van der Waals surface area contributed by atoms with Crippen molar-refractivity contribution >= 4 is 59.8 Å². The second-order valence-corrected chi connectivity index (χ2v) is 23.6. The zero-order valence-electron chi connectivity index (χ0n) is 52.3. The van der Waals surface area contributed by atoms with E-state index in [0.717, 1.165) is 61.1 Å². The van der Waals surface area contributed by atoms with Gasteiger partial charge in [0.2, 0.25) is 35.4 Å². The number of aliphatic hydroxyl groups excluding tert-OH is 6. The summed E-state index contributed by atoms with van der Waals surface area (Å²) in [5, 5.41) is 110. The van der Waals surface area contributed by atoms with Gasteiger partial charge in [-0.3, -0.25) is 33.6 Å². The van der Waals surface area contributed by atoms with Crippen LogP contribution in [-0.4, -0.2) is 229 Å². The molecule has 0 spiro atoms. The first-order chi connectivity index (χ1) is 45.5. The number of carbonyl (C=O) groups is 8. The van der Waals surface area contributed by atoms with E-state index >= 15 is 0 Å². The van der Waals surface area contributed by atoms with Crippen molar-refractivity contribution in [1.82, 2.24) is 46.9 Å². The number of aliphatic hydroxyl groups is 6. The van der Waals surface area contributed by atoms with Gasteiger partial charge in [0, 0.05) is 87.8 Å². The molecule has 518 valence electrons. The Morgan fingerprint density at radius 2 is 1.48 bits per heavy atom. The first-order valence-electron chi connectivity index (χ1n) is 30.6. The maximum atomic E-state index is 15.0. The number of rotatable bonds is 26. The van der Waals surface area contributed by atoms with Gasteiger partial charge in [0.05, 0.1) is 43.2 Å². The fraction of sp³-hybridized carbons (Fsp3) is 0.500. The number of carbonyl (C=O) groups excluding carboxylic acids is 8. The smallest absolute Gasteiger partial charge is 0.407 e. The van der Waals surface area contributed by atoms with Crippen LogP contribution in [0.4, 0.5) is 4.79 Å². The summed E-state index contributed by atoms with van der Waals surface area (Å²) in [5.41, 5.74) is 1.73. The lowest BCUT2D eigenvalue weighted by Gasteiger charge is -2.34. The topological polar surface area (TPSA) is 458 Å². The molecule has 0 unspecified atom stereocenters. The normalized spacial score (nSPS) is 24.1. The van der Waals surface area contributed by atoms with E-state index in [0.29, 0.717) is 34.9 Å². The number of alkyl carbamates (subject to hydrolysis) is 1. The van der Waals surface area contributed by atoms with Gasteiger partial charge in [0.1, 0.15) is 54.3 Å². The Labute approximate surface area is 549 Å². The van der Waals surface area contributed by atoms with E-state index in [1.54, 1.807) is 25.3 Å². The number of nitrogens with zero attached hydrogens (tertiary/aromatic N) is 3. The van der Waals surface area contributed by atoms with Gasteiger partial charge in [-0.2, -0.15) is 0 Å². The molecule has 3 fully saturated rings. The zero-order chi connectivity index (χ0) is 68.9. The lowest BCUT2D eigenvalue weighted by Crippen LogP contribution is -2.64. The summed E-state index contributed by atoms with van der Waals surface area (Å²) in [7, 11) is 1.68. The molecule has 0 aliphatic carbocycles. The van der Waals surface area contributed by atoms with Crippen molar-refractivity contribution in [1.29, 1.82) is 0 Å². The van der Waals surface area contributed by atoms with Crippen molar-refractivity contribution in [2.45, 2.75) is 138 Å². The Morgan fingerprint density at radius 3 is 2.18 bits per heavy atom. The van der Waals surface area contributed by atoms with Gasteiger partial charge >= 0.3 is 6.09 Å². The highest BCUT2D eigenvalue weighted by molar-refractivity contribution is 7.90. The number of methoxy groups -OCH3 is 1. The summed E-state index contributed by atoms with van der Waals surface area (Å²) in [6.07, 6.45) is -8.69. The number of benzene rings is 3. The molecule has 3 aliphatic rings. The van der Waals surface area contributed by atoms with Crippen LogP contribution in [0.25, 0.3) is 22.6 Å². The number of nitrogens with one attached hydrogen (secondary N) is 6. The first kappa shape index (κ1) is 73.9. The van der Waals surface area contributed by atoms with Crippen LogP contribution in [0.3, 0.4) is 0 Å². The van der Waals surface area contributed by atoms with E-state index in [1.165, 1.54) is 31.2 Å². The van der Waals surface area contributed by atoms with Crippen LogP contribution in [0.1, 0.15) is 74.7 Å². The fourth-order valence-corrected chi connectivity index (χ4v) is 11.2. The first-order valence-corrected chi connectivity index (χ1v) is 31.3. The van der Waals surface area contributed by atoms with Crippen molar-refractivity contribution in [2.24, 2.45) is 5.92 Å². The molecule has 3 saturated heterocycles. The number of hydrogen-bond acceptors (Lipinski definition) is 25. The van der Waals surface area contributed by atoms with Gasteiger partial charge in [-0.15, -0.1) is 0 Å². The third-order valence-electron chi connectivity index (χ3n) is 16.0. The fourth-order valence-electron chi connectivity index (χ4n) is 11.0. The molecule has 95 heavy (non-hydrogen) atoms. The number of aromatic hydroxyl groups is 1. The summed E-state index contributed by atoms with van der Waals surface area (Å²) in [6, 6.07) is 6.89. The lowest BCUT2D eigenvalue weighted by molar-refractivity contribution is -0.433. The highest BCUT2D eigenvalue weighted by Crippen LogP contribution is 2.32. The van der Waals surface area contributed by atoms with Crippen LogP contribution in [0, 0.1) is 5.92 Å². The molecule has 8 amide bonds. The monoisotopic (exact) mass is 1350 g/mol. The van der Waals surface area contributed by atoms with Gasteiger partial charge in [0.25, 0.3) is 18.2 Å². The van der Waals surface area contributed by atoms with Crippen LogP contribution in [0.15, 0.2) is 90.0 Å². The largest absolute Gasteiger partial charge is 0.504 e. The number of phenols is 1. The molecule has 14 N–H and O–H groups in total. The molecular formula is C62H81N9O23S. The molecule has 13 atom stereocenters. The SMILES string of the molecule is C=CCOC(=O)NCC[C@@H](O)[C@@H]1NC(=O)[C@H]([C@H](O)Cc2ccc(O)c(OSOOO)c2)NC(=O)[C@@H]2C[C@H](O)CN2C(=O)[C@H]([C@H](C)O)NC(=O)[C@@H](NC(=O)c2ccc(-c3cc(-c4ccc(OCCCCCCOC)cc4)on3)cc2)C[C@H](O)CNC(=O)[C@@H]2[C@@H](O)[C@H](C)CN2C1=O. The molecular weight excluding hydrogens is 1270 g/mol. The summed E-state index contributed by atoms with van der Waals surface area (Å²) < 4.78 is 30.9. The zero-order valence-corrected chi connectivity index (χ0v) is 53.1. The van der Waals surface area contributed by atoms with Crippen LogP contribution >= 0.6 is 12.3 Å². The van der Waals surface area contributed by atoms with Crippen LogP contribution < -0.4 is 40.8 Å². The molecule has 33 heteroatoms. The molecule has 7 rings (SSSR count). The van der Waals surface area contributed by atoms with Crippen LogP contribution in [0.5, 0.6) is 17.2 Å². The number of ether oxygens (including phenoxy) is 3. The average molecular weight is 1350 g/mol. The van der Waals surface area contributed by atoms with E-state index in [1.807, 2.05) is 24.3 Å². The molecule has 3 aliphatic heterocycles. The molecule has 0 saturated carbocycles. The Balaban J connectivity index is 1.17. The van der Waals surface area contributed by atoms with E-state index in [2.05, 4.69) is 53.0 Å². The Hall–Kier alpha value is -8.48. The third kappa shape index (κ3) is 20.5.